The molecule has 3 nitrogen and oxygen atoms in total. The smallest absolute Gasteiger partial charge is 0.220 e. The first-order valence-electron chi connectivity index (χ1n) is 7.19. The van der Waals surface area contributed by atoms with Crippen molar-refractivity contribution in [1.29, 1.82) is 0 Å². The second-order valence-electron chi connectivity index (χ2n) is 5.58. The predicted octanol–water partition coefficient (Wildman–Crippen LogP) is 2.49. The normalized spacial score (nSPS) is 20.4. The second kappa shape index (κ2) is 7.06. The molecule has 0 saturated carbocycles. The molecule has 2 heterocycles. The molecule has 0 aliphatic carbocycles. The number of hydrogen-bond donors (Lipinski definition) is 2. The first kappa shape index (κ1) is 14.5. The van der Waals surface area contributed by atoms with E-state index in [1.165, 1.54) is 16.2 Å². The van der Waals surface area contributed by atoms with Crippen LogP contribution in [0.15, 0.2) is 12.1 Å². The molecule has 1 saturated heterocycles. The number of hydrogen-bond acceptors (Lipinski definition) is 3. The lowest BCUT2D eigenvalue weighted by molar-refractivity contribution is -0.121. The third-order valence-electron chi connectivity index (χ3n) is 3.65. The highest BCUT2D eigenvalue weighted by Gasteiger charge is 2.16. The number of carbonyl (C=O) groups excluding carboxylic acids is 1. The van der Waals surface area contributed by atoms with Gasteiger partial charge in [-0.25, -0.2) is 0 Å². The van der Waals surface area contributed by atoms with E-state index in [4.69, 9.17) is 0 Å². The Morgan fingerprint density at radius 1 is 1.58 bits per heavy atom. The molecule has 1 aliphatic rings. The van der Waals surface area contributed by atoms with Gasteiger partial charge in [0.1, 0.15) is 0 Å². The predicted molar refractivity (Wildman–Crippen MR) is 80.6 cm³/mol. The SMILES string of the molecule is Cc1ccc(CC(C)NC(=O)CCC2CCNC2)s1. The lowest BCUT2D eigenvalue weighted by Gasteiger charge is -2.14. The Balaban J connectivity index is 1.66. The Kier molecular flexibility index (Phi) is 5.40. The van der Waals surface area contributed by atoms with Gasteiger partial charge in [-0.15, -0.1) is 11.3 Å². The molecule has 1 fully saturated rings. The van der Waals surface area contributed by atoms with Crippen LogP contribution in [0.1, 0.15) is 35.9 Å². The number of aryl methyl sites for hydroxylation is 1. The molecule has 1 amide bonds. The average Bonchev–Trinajstić information content (AvgIpc) is 2.98. The molecule has 1 aromatic heterocycles. The quantitative estimate of drug-likeness (QED) is 0.840. The van der Waals surface area contributed by atoms with Crippen LogP contribution in [0.3, 0.4) is 0 Å². The third-order valence-corrected chi connectivity index (χ3v) is 4.68. The molecule has 1 aromatic rings. The summed E-state index contributed by atoms with van der Waals surface area (Å²) in [6.07, 6.45) is 3.84. The highest BCUT2D eigenvalue weighted by Crippen LogP contribution is 2.17. The summed E-state index contributed by atoms with van der Waals surface area (Å²) in [6, 6.07) is 4.53. The Morgan fingerprint density at radius 3 is 3.05 bits per heavy atom. The van der Waals surface area contributed by atoms with Gasteiger partial charge < -0.3 is 10.6 Å². The van der Waals surface area contributed by atoms with Crippen LogP contribution < -0.4 is 10.6 Å². The molecular formula is C15H24N2OS. The summed E-state index contributed by atoms with van der Waals surface area (Å²) in [6.45, 7) is 6.40. The van der Waals surface area contributed by atoms with Gasteiger partial charge in [0.25, 0.3) is 0 Å². The van der Waals surface area contributed by atoms with Gasteiger partial charge in [-0.05, 0) is 57.8 Å². The molecule has 2 atom stereocenters. The monoisotopic (exact) mass is 280 g/mol. The number of carbonyl (C=O) groups is 1. The number of rotatable bonds is 6. The van der Waals surface area contributed by atoms with E-state index in [0.717, 1.165) is 25.9 Å². The summed E-state index contributed by atoms with van der Waals surface area (Å²) in [5, 5.41) is 6.45. The van der Waals surface area contributed by atoms with E-state index in [2.05, 4.69) is 36.6 Å². The Bertz CT molecular complexity index is 410. The van der Waals surface area contributed by atoms with Gasteiger partial charge in [-0.2, -0.15) is 0 Å². The summed E-state index contributed by atoms with van der Waals surface area (Å²) < 4.78 is 0. The lowest BCUT2D eigenvalue weighted by Crippen LogP contribution is -2.34. The molecule has 2 unspecified atom stereocenters. The van der Waals surface area contributed by atoms with Crippen LogP contribution in [0.4, 0.5) is 0 Å². The standard InChI is InChI=1S/C15H24N2OS/c1-11(9-14-5-3-12(2)19-14)17-15(18)6-4-13-7-8-16-10-13/h3,5,11,13,16H,4,6-10H2,1-2H3,(H,17,18). The molecule has 19 heavy (non-hydrogen) atoms. The summed E-state index contributed by atoms with van der Waals surface area (Å²) in [7, 11) is 0. The van der Waals surface area contributed by atoms with Crippen LogP contribution in [-0.4, -0.2) is 25.0 Å². The number of nitrogens with one attached hydrogen (secondary N) is 2. The van der Waals surface area contributed by atoms with Crippen molar-refractivity contribution in [3.63, 3.8) is 0 Å². The van der Waals surface area contributed by atoms with Gasteiger partial charge in [0, 0.05) is 28.6 Å². The summed E-state index contributed by atoms with van der Waals surface area (Å²) in [4.78, 5) is 14.6. The van der Waals surface area contributed by atoms with E-state index in [0.29, 0.717) is 12.3 Å². The van der Waals surface area contributed by atoms with Crippen molar-refractivity contribution < 1.29 is 4.79 Å². The second-order valence-corrected chi connectivity index (χ2v) is 6.95. The maximum Gasteiger partial charge on any atom is 0.220 e. The third kappa shape index (κ3) is 4.96. The minimum Gasteiger partial charge on any atom is -0.353 e. The van der Waals surface area contributed by atoms with E-state index in [1.807, 2.05) is 11.3 Å². The zero-order valence-corrected chi connectivity index (χ0v) is 12.7. The minimum atomic E-state index is 0.202. The van der Waals surface area contributed by atoms with Crippen LogP contribution in [0.2, 0.25) is 0 Å². The van der Waals surface area contributed by atoms with E-state index in [1.54, 1.807) is 0 Å². The van der Waals surface area contributed by atoms with Gasteiger partial charge in [0.15, 0.2) is 0 Å². The van der Waals surface area contributed by atoms with Gasteiger partial charge in [-0.3, -0.25) is 4.79 Å². The highest BCUT2D eigenvalue weighted by atomic mass is 32.1. The Labute approximate surface area is 119 Å². The molecular weight excluding hydrogens is 256 g/mol. The minimum absolute atomic E-state index is 0.202. The van der Waals surface area contributed by atoms with Gasteiger partial charge in [-0.1, -0.05) is 0 Å². The summed E-state index contributed by atoms with van der Waals surface area (Å²) >= 11 is 1.82. The Hall–Kier alpha value is -0.870. The van der Waals surface area contributed by atoms with Crippen molar-refractivity contribution in [1.82, 2.24) is 10.6 Å². The molecule has 2 N–H and O–H groups in total. The lowest BCUT2D eigenvalue weighted by atomic mass is 10.0. The van der Waals surface area contributed by atoms with E-state index < -0.39 is 0 Å². The van der Waals surface area contributed by atoms with Crippen molar-refractivity contribution >= 4 is 17.2 Å². The van der Waals surface area contributed by atoms with Crippen molar-refractivity contribution in [3.05, 3.63) is 21.9 Å². The van der Waals surface area contributed by atoms with Crippen LogP contribution in [0.5, 0.6) is 0 Å². The zero-order valence-electron chi connectivity index (χ0n) is 11.9. The molecule has 0 spiro atoms. The topological polar surface area (TPSA) is 41.1 Å². The van der Waals surface area contributed by atoms with Crippen molar-refractivity contribution in [2.75, 3.05) is 13.1 Å². The average molecular weight is 280 g/mol. The molecule has 0 aromatic carbocycles. The molecule has 4 heteroatoms. The molecule has 1 aliphatic heterocycles. The molecule has 0 radical (unpaired) electrons. The largest absolute Gasteiger partial charge is 0.353 e. The van der Waals surface area contributed by atoms with Crippen LogP contribution in [0.25, 0.3) is 0 Å². The molecule has 106 valence electrons. The first-order valence-corrected chi connectivity index (χ1v) is 8.00. The first-order chi connectivity index (χ1) is 9.13. The fraction of sp³-hybridized carbons (Fsp3) is 0.667. The maximum absolute atomic E-state index is 11.9. The Morgan fingerprint density at radius 2 is 2.42 bits per heavy atom. The van der Waals surface area contributed by atoms with Crippen LogP contribution in [-0.2, 0) is 11.2 Å². The molecule has 2 rings (SSSR count). The molecule has 0 bridgehead atoms. The van der Waals surface area contributed by atoms with Crippen molar-refractivity contribution in [2.45, 2.75) is 45.6 Å². The van der Waals surface area contributed by atoms with E-state index in [-0.39, 0.29) is 11.9 Å². The van der Waals surface area contributed by atoms with E-state index in [9.17, 15) is 4.79 Å². The van der Waals surface area contributed by atoms with Gasteiger partial charge in [0.2, 0.25) is 5.91 Å². The zero-order chi connectivity index (χ0) is 13.7. The van der Waals surface area contributed by atoms with Gasteiger partial charge in [0.05, 0.1) is 0 Å². The van der Waals surface area contributed by atoms with Gasteiger partial charge >= 0.3 is 0 Å². The number of amides is 1. The van der Waals surface area contributed by atoms with Crippen molar-refractivity contribution in [2.24, 2.45) is 5.92 Å². The summed E-state index contributed by atoms with van der Waals surface area (Å²) in [5.41, 5.74) is 0. The van der Waals surface area contributed by atoms with Crippen molar-refractivity contribution in [3.8, 4) is 0 Å². The fourth-order valence-corrected chi connectivity index (χ4v) is 3.61. The van der Waals surface area contributed by atoms with Crippen LogP contribution in [0, 0.1) is 12.8 Å². The summed E-state index contributed by atoms with van der Waals surface area (Å²) in [5.74, 6) is 0.897. The van der Waals surface area contributed by atoms with E-state index >= 15 is 0 Å². The number of thiophene rings is 1. The van der Waals surface area contributed by atoms with Crippen LogP contribution >= 0.6 is 11.3 Å². The highest BCUT2D eigenvalue weighted by molar-refractivity contribution is 7.11. The fourth-order valence-electron chi connectivity index (χ4n) is 2.59. The maximum atomic E-state index is 11.9.